The lowest BCUT2D eigenvalue weighted by Crippen LogP contribution is -1.63. The molecule has 0 unspecified atom stereocenters. The Bertz CT molecular complexity index is 376. The quantitative estimate of drug-likeness (QED) is 0.679. The highest BCUT2D eigenvalue weighted by molar-refractivity contribution is 8.31. The van der Waals surface area contributed by atoms with Gasteiger partial charge in [0.25, 0.3) is 0 Å². The predicted octanol–water partition coefficient (Wildman–Crippen LogP) is 3.23. The van der Waals surface area contributed by atoms with Gasteiger partial charge >= 0.3 is 8.26 Å². The lowest BCUT2D eigenvalue weighted by molar-refractivity contribution is 0.621. The number of halogens is 2. The molecule has 0 aliphatic heterocycles. The summed E-state index contributed by atoms with van der Waals surface area (Å²) >= 11 is 0. The molecule has 0 aromatic heterocycles. The monoisotopic (exact) mass is 267 g/mol. The molecule has 15 heavy (non-hydrogen) atoms. The minimum Gasteiger partial charge on any atom is -0.199 e. The van der Waals surface area contributed by atoms with Crippen LogP contribution in [0.1, 0.15) is 12.5 Å². The molecule has 3 nitrogen and oxygen atoms in total. The number of hydrogen-bond acceptors (Lipinski definition) is 3. The van der Waals surface area contributed by atoms with Crippen LogP contribution in [0.25, 0.3) is 0 Å². The minimum atomic E-state index is -3.72. The van der Waals surface area contributed by atoms with Crippen LogP contribution in [0.5, 0.6) is 0 Å². The van der Waals surface area contributed by atoms with Crippen LogP contribution >= 0.6 is 21.4 Å². The highest BCUT2D eigenvalue weighted by Gasteiger charge is 1.88. The van der Waals surface area contributed by atoms with E-state index < -0.39 is 8.26 Å². The van der Waals surface area contributed by atoms with Gasteiger partial charge in [0.15, 0.2) is 0 Å². The fraction of sp³-hybridized carbons (Fsp3) is 0.222. The van der Waals surface area contributed by atoms with Gasteiger partial charge in [0.1, 0.15) is 0 Å². The van der Waals surface area contributed by atoms with Gasteiger partial charge in [-0.3, -0.25) is 0 Å². The Balaban J connectivity index is 0. The van der Waals surface area contributed by atoms with Crippen LogP contribution in [0.3, 0.4) is 0 Å². The molecule has 0 aliphatic rings. The van der Waals surface area contributed by atoms with Crippen molar-refractivity contribution in [1.29, 1.82) is 5.26 Å². The first-order valence-corrected chi connectivity index (χ1v) is 6.91. The van der Waals surface area contributed by atoms with Gasteiger partial charge < -0.3 is 0 Å². The Morgan fingerprint density at radius 1 is 1.20 bits per heavy atom. The zero-order valence-electron chi connectivity index (χ0n) is 8.31. The molecular formula is C9H11Cl2NO2S. The van der Waals surface area contributed by atoms with Crippen LogP contribution < -0.4 is 0 Å². The van der Waals surface area contributed by atoms with Crippen molar-refractivity contribution in [1.82, 2.24) is 0 Å². The van der Waals surface area contributed by atoms with E-state index in [2.05, 4.69) is 40.4 Å². The fourth-order valence-electron chi connectivity index (χ4n) is 0.534. The third-order valence-corrected chi connectivity index (χ3v) is 0.940. The van der Waals surface area contributed by atoms with Crippen LogP contribution in [0.2, 0.25) is 0 Å². The summed E-state index contributed by atoms with van der Waals surface area (Å²) in [7, 11) is 4.81. The average molecular weight is 268 g/mol. The molecule has 0 fully saturated rings. The second kappa shape index (κ2) is 9.78. The summed E-state index contributed by atoms with van der Waals surface area (Å²) in [6.07, 6.45) is 0. The lowest BCUT2D eigenvalue weighted by atomic mass is 10.2. The molecule has 0 bridgehead atoms. The van der Waals surface area contributed by atoms with Gasteiger partial charge in [0, 0.05) is 28.3 Å². The summed E-state index contributed by atoms with van der Waals surface area (Å²) in [5.74, 6) is 0. The molecule has 0 aliphatic carbocycles. The van der Waals surface area contributed by atoms with E-state index in [1.807, 2.05) is 18.2 Å². The zero-order valence-corrected chi connectivity index (χ0v) is 10.6. The summed E-state index contributed by atoms with van der Waals surface area (Å²) in [4.78, 5) is 0. The SMILES string of the molecule is CC#N.Cc1ccccc1.O=S(=O)(Cl)Cl. The van der Waals surface area contributed by atoms with Gasteiger partial charge in [-0.15, -0.1) is 0 Å². The predicted molar refractivity (Wildman–Crippen MR) is 63.1 cm³/mol. The third kappa shape index (κ3) is 31.9. The van der Waals surface area contributed by atoms with Crippen molar-refractivity contribution < 1.29 is 8.42 Å². The Morgan fingerprint density at radius 3 is 1.60 bits per heavy atom. The topological polar surface area (TPSA) is 57.9 Å². The molecule has 0 N–H and O–H groups in total. The maximum absolute atomic E-state index is 9.16. The number of aryl methyl sites for hydroxylation is 1. The van der Waals surface area contributed by atoms with Crippen LogP contribution in [-0.2, 0) is 8.26 Å². The van der Waals surface area contributed by atoms with E-state index >= 15 is 0 Å². The first-order valence-electron chi connectivity index (χ1n) is 3.78. The van der Waals surface area contributed by atoms with Gasteiger partial charge in [-0.05, 0) is 6.92 Å². The average Bonchev–Trinajstić information content (AvgIpc) is 2.03. The largest absolute Gasteiger partial charge is 0.317 e. The molecule has 1 aromatic rings. The highest BCUT2D eigenvalue weighted by Crippen LogP contribution is 1.98. The first-order chi connectivity index (χ1) is 6.81. The van der Waals surface area contributed by atoms with Gasteiger partial charge in [-0.1, -0.05) is 35.9 Å². The summed E-state index contributed by atoms with van der Waals surface area (Å²) < 4.78 is 18.3. The molecule has 0 spiro atoms. The molecule has 0 saturated carbocycles. The van der Waals surface area contributed by atoms with Crippen LogP contribution in [0, 0.1) is 18.3 Å². The molecule has 1 rings (SSSR count). The second-order valence-electron chi connectivity index (χ2n) is 2.26. The Hall–Kier alpha value is -0.760. The minimum absolute atomic E-state index is 1.32. The van der Waals surface area contributed by atoms with Crippen molar-refractivity contribution in [3.63, 3.8) is 0 Å². The number of nitriles is 1. The molecule has 0 saturated heterocycles. The lowest BCUT2D eigenvalue weighted by Gasteiger charge is -1.82. The molecule has 0 radical (unpaired) electrons. The standard InChI is InChI=1S/C7H8.C2H3N.Cl2O2S/c1-7-5-3-2-4-6-7;1-2-3;1-5(2,3)4/h2-6H,1H3;1H3;. The third-order valence-electron chi connectivity index (χ3n) is 0.940. The van der Waals surface area contributed by atoms with Crippen molar-refractivity contribution in [2.45, 2.75) is 13.8 Å². The normalized spacial score (nSPS) is 8.47. The van der Waals surface area contributed by atoms with E-state index in [4.69, 9.17) is 13.7 Å². The zero-order chi connectivity index (χ0) is 12.3. The van der Waals surface area contributed by atoms with Gasteiger partial charge in [0.05, 0.1) is 6.07 Å². The summed E-state index contributed by atoms with van der Waals surface area (Å²) in [6.45, 7) is 3.51. The van der Waals surface area contributed by atoms with Crippen molar-refractivity contribution in [2.75, 3.05) is 0 Å². The van der Waals surface area contributed by atoms with Gasteiger partial charge in [-0.25, -0.2) is 0 Å². The van der Waals surface area contributed by atoms with Crippen LogP contribution in [0.15, 0.2) is 30.3 Å². The van der Waals surface area contributed by atoms with E-state index in [9.17, 15) is 0 Å². The fourth-order valence-corrected chi connectivity index (χ4v) is 0.534. The molecular weight excluding hydrogens is 257 g/mol. The Labute approximate surface area is 99.2 Å². The van der Waals surface area contributed by atoms with Crippen LogP contribution in [0.4, 0.5) is 0 Å². The van der Waals surface area contributed by atoms with E-state index in [1.54, 1.807) is 6.07 Å². The first kappa shape index (κ1) is 16.7. The van der Waals surface area contributed by atoms with E-state index in [1.165, 1.54) is 12.5 Å². The maximum Gasteiger partial charge on any atom is 0.317 e. The summed E-state index contributed by atoms with van der Waals surface area (Å²) in [5, 5.41) is 7.32. The second-order valence-corrected chi connectivity index (χ2v) is 5.92. The number of rotatable bonds is 0. The van der Waals surface area contributed by atoms with E-state index in [-0.39, 0.29) is 0 Å². The van der Waals surface area contributed by atoms with Crippen molar-refractivity contribution in [3.05, 3.63) is 35.9 Å². The molecule has 84 valence electrons. The molecule has 0 amide bonds. The molecule has 6 heteroatoms. The van der Waals surface area contributed by atoms with Gasteiger partial charge in [0.2, 0.25) is 0 Å². The van der Waals surface area contributed by atoms with Crippen molar-refractivity contribution in [2.24, 2.45) is 0 Å². The smallest absolute Gasteiger partial charge is 0.199 e. The molecule has 0 atom stereocenters. The maximum atomic E-state index is 9.16. The number of benzene rings is 1. The Kier molecular flexibility index (Phi) is 10.9. The van der Waals surface area contributed by atoms with E-state index in [0.717, 1.165) is 0 Å². The van der Waals surface area contributed by atoms with E-state index in [0.29, 0.717) is 0 Å². The summed E-state index contributed by atoms with van der Waals surface area (Å²) in [6, 6.07) is 12.0. The molecule has 0 heterocycles. The Morgan fingerprint density at radius 2 is 1.47 bits per heavy atom. The van der Waals surface area contributed by atoms with Crippen molar-refractivity contribution in [3.8, 4) is 6.07 Å². The number of nitrogens with zero attached hydrogens (tertiary/aromatic N) is 1. The van der Waals surface area contributed by atoms with Crippen LogP contribution in [-0.4, -0.2) is 8.42 Å². The highest BCUT2D eigenvalue weighted by atomic mass is 36.0. The van der Waals surface area contributed by atoms with Gasteiger partial charge in [-0.2, -0.15) is 13.7 Å². The van der Waals surface area contributed by atoms with Crippen molar-refractivity contribution >= 4 is 29.6 Å². The summed E-state index contributed by atoms with van der Waals surface area (Å²) in [5.41, 5.74) is 1.32. The number of hydrogen-bond donors (Lipinski definition) is 0. The molecule has 1 aromatic carbocycles.